The summed E-state index contributed by atoms with van der Waals surface area (Å²) < 4.78 is 0. The lowest BCUT2D eigenvalue weighted by molar-refractivity contribution is 0.561. The number of hydrogen-bond donors (Lipinski definition) is 2. The fourth-order valence-corrected chi connectivity index (χ4v) is 1.42. The fraction of sp³-hybridized carbons (Fsp3) is 0.417. The van der Waals surface area contributed by atoms with E-state index in [0.717, 1.165) is 18.5 Å². The van der Waals surface area contributed by atoms with Crippen molar-refractivity contribution in [1.29, 1.82) is 5.26 Å². The van der Waals surface area contributed by atoms with Crippen molar-refractivity contribution in [3.8, 4) is 6.07 Å². The highest BCUT2D eigenvalue weighted by molar-refractivity contribution is 5.33. The molecule has 3 heteroatoms. The molecule has 0 heterocycles. The Morgan fingerprint density at radius 3 is 3.00 bits per heavy atom. The summed E-state index contributed by atoms with van der Waals surface area (Å²) in [5.41, 5.74) is 7.27. The maximum atomic E-state index is 8.77. The lowest BCUT2D eigenvalue weighted by Crippen LogP contribution is -2.21. The quantitative estimate of drug-likeness (QED) is 0.714. The van der Waals surface area contributed by atoms with Gasteiger partial charge in [-0.15, -0.1) is 0 Å². The summed E-state index contributed by atoms with van der Waals surface area (Å²) >= 11 is 0. The Hall–Kier alpha value is -1.37. The van der Waals surface area contributed by atoms with Gasteiger partial charge in [-0.2, -0.15) is 5.26 Å². The van der Waals surface area contributed by atoms with Crippen LogP contribution in [0, 0.1) is 11.3 Å². The molecule has 0 saturated heterocycles. The topological polar surface area (TPSA) is 61.8 Å². The molecule has 0 amide bonds. The molecule has 80 valence electrons. The fourth-order valence-electron chi connectivity index (χ4n) is 1.42. The molecule has 1 atom stereocenters. The van der Waals surface area contributed by atoms with E-state index in [9.17, 15) is 0 Å². The molecule has 15 heavy (non-hydrogen) atoms. The van der Waals surface area contributed by atoms with Crippen LogP contribution in [-0.2, 0) is 0 Å². The highest BCUT2D eigenvalue weighted by atomic mass is 14.9. The molecule has 0 spiro atoms. The van der Waals surface area contributed by atoms with E-state index in [1.54, 1.807) is 0 Å². The Bertz CT molecular complexity index is 341. The molecule has 1 aromatic rings. The Morgan fingerprint density at radius 2 is 2.33 bits per heavy atom. The van der Waals surface area contributed by atoms with Gasteiger partial charge in [-0.3, -0.25) is 0 Å². The van der Waals surface area contributed by atoms with Gasteiger partial charge >= 0.3 is 0 Å². The lowest BCUT2D eigenvalue weighted by Gasteiger charge is -2.13. The van der Waals surface area contributed by atoms with Crippen molar-refractivity contribution < 1.29 is 0 Å². The summed E-state index contributed by atoms with van der Waals surface area (Å²) in [6.45, 7) is 3.71. The molecular formula is C12H17N3. The first-order valence-corrected chi connectivity index (χ1v) is 5.21. The molecule has 1 unspecified atom stereocenters. The Kier molecular flexibility index (Phi) is 4.82. The smallest absolute Gasteiger partial charge is 0.0991 e. The van der Waals surface area contributed by atoms with Crippen LogP contribution in [-0.4, -0.2) is 13.1 Å². The van der Waals surface area contributed by atoms with Crippen molar-refractivity contribution in [2.75, 3.05) is 13.1 Å². The molecule has 0 bridgehead atoms. The van der Waals surface area contributed by atoms with Crippen LogP contribution in [0.5, 0.6) is 0 Å². The van der Waals surface area contributed by atoms with Crippen LogP contribution in [0.15, 0.2) is 24.3 Å². The molecule has 3 nitrogen and oxygen atoms in total. The van der Waals surface area contributed by atoms with Crippen molar-refractivity contribution in [2.45, 2.75) is 19.4 Å². The summed E-state index contributed by atoms with van der Waals surface area (Å²) in [5, 5.41) is 12.1. The molecular weight excluding hydrogens is 186 g/mol. The summed E-state index contributed by atoms with van der Waals surface area (Å²) in [7, 11) is 0. The van der Waals surface area contributed by atoms with Crippen molar-refractivity contribution in [3.63, 3.8) is 0 Å². The summed E-state index contributed by atoms with van der Waals surface area (Å²) in [6, 6.07) is 10.1. The average molecular weight is 203 g/mol. The van der Waals surface area contributed by atoms with E-state index < -0.39 is 0 Å². The molecule has 0 radical (unpaired) electrons. The van der Waals surface area contributed by atoms with Gasteiger partial charge in [-0.25, -0.2) is 0 Å². The monoisotopic (exact) mass is 203 g/mol. The minimum absolute atomic E-state index is 0.268. The zero-order valence-corrected chi connectivity index (χ0v) is 9.03. The molecule has 1 aromatic carbocycles. The van der Waals surface area contributed by atoms with Gasteiger partial charge in [0, 0.05) is 6.04 Å². The van der Waals surface area contributed by atoms with Gasteiger partial charge < -0.3 is 11.1 Å². The third-order valence-electron chi connectivity index (χ3n) is 2.35. The minimum Gasteiger partial charge on any atom is -0.330 e. The zero-order valence-electron chi connectivity index (χ0n) is 9.03. The van der Waals surface area contributed by atoms with Crippen LogP contribution in [0.3, 0.4) is 0 Å². The molecule has 0 fully saturated rings. The lowest BCUT2D eigenvalue weighted by atomic mass is 10.1. The second-order valence-corrected chi connectivity index (χ2v) is 3.56. The molecule has 0 saturated carbocycles. The zero-order chi connectivity index (χ0) is 11.1. The van der Waals surface area contributed by atoms with Crippen LogP contribution in [0.25, 0.3) is 0 Å². The first-order chi connectivity index (χ1) is 7.27. The van der Waals surface area contributed by atoms with E-state index in [4.69, 9.17) is 11.0 Å². The molecule has 0 aromatic heterocycles. The predicted octanol–water partition coefficient (Wildman–Crippen LogP) is 1.56. The third-order valence-corrected chi connectivity index (χ3v) is 2.35. The number of nitrogens with one attached hydrogen (secondary N) is 1. The van der Waals surface area contributed by atoms with Crippen LogP contribution >= 0.6 is 0 Å². The van der Waals surface area contributed by atoms with Crippen molar-refractivity contribution in [1.82, 2.24) is 5.32 Å². The van der Waals surface area contributed by atoms with Gasteiger partial charge in [-0.05, 0) is 44.1 Å². The third kappa shape index (κ3) is 3.70. The first kappa shape index (κ1) is 11.7. The van der Waals surface area contributed by atoms with Crippen LogP contribution in [0.4, 0.5) is 0 Å². The van der Waals surface area contributed by atoms with Crippen molar-refractivity contribution in [2.24, 2.45) is 5.73 Å². The summed E-state index contributed by atoms with van der Waals surface area (Å²) in [4.78, 5) is 0. The number of nitrogens with two attached hydrogens (primary N) is 1. The molecule has 0 aliphatic carbocycles. The molecule has 0 aliphatic rings. The maximum absolute atomic E-state index is 8.77. The van der Waals surface area contributed by atoms with E-state index >= 15 is 0 Å². The van der Waals surface area contributed by atoms with Gasteiger partial charge in [0.05, 0.1) is 11.6 Å². The van der Waals surface area contributed by atoms with Gasteiger partial charge in [0.2, 0.25) is 0 Å². The van der Waals surface area contributed by atoms with E-state index in [0.29, 0.717) is 12.1 Å². The van der Waals surface area contributed by atoms with Gasteiger partial charge in [0.25, 0.3) is 0 Å². The average Bonchev–Trinajstić information content (AvgIpc) is 2.29. The summed E-state index contributed by atoms with van der Waals surface area (Å²) in [6.07, 6.45) is 0.974. The second-order valence-electron chi connectivity index (χ2n) is 3.56. The van der Waals surface area contributed by atoms with Gasteiger partial charge in [0.15, 0.2) is 0 Å². The highest BCUT2D eigenvalue weighted by Crippen LogP contribution is 2.13. The number of nitriles is 1. The molecule has 1 rings (SSSR count). The number of rotatable bonds is 5. The molecule has 3 N–H and O–H groups in total. The standard InChI is InChI=1S/C12H17N3/c1-10(15-7-3-6-13)12-5-2-4-11(8-12)9-14/h2,4-5,8,10,15H,3,6-7,13H2,1H3. The Balaban J connectivity index is 2.57. The Morgan fingerprint density at radius 1 is 1.53 bits per heavy atom. The Labute approximate surface area is 90.9 Å². The van der Waals surface area contributed by atoms with Crippen LogP contribution in [0.2, 0.25) is 0 Å². The van der Waals surface area contributed by atoms with Gasteiger partial charge in [-0.1, -0.05) is 12.1 Å². The number of nitrogens with zero attached hydrogens (tertiary/aromatic N) is 1. The van der Waals surface area contributed by atoms with Gasteiger partial charge in [0.1, 0.15) is 0 Å². The van der Waals surface area contributed by atoms with E-state index in [1.165, 1.54) is 0 Å². The second kappa shape index (κ2) is 6.18. The summed E-state index contributed by atoms with van der Waals surface area (Å²) in [5.74, 6) is 0. The van der Waals surface area contributed by atoms with Crippen molar-refractivity contribution >= 4 is 0 Å². The van der Waals surface area contributed by atoms with Crippen LogP contribution in [0.1, 0.15) is 30.5 Å². The normalized spacial score (nSPS) is 12.1. The van der Waals surface area contributed by atoms with E-state index in [2.05, 4.69) is 18.3 Å². The van der Waals surface area contributed by atoms with Crippen molar-refractivity contribution in [3.05, 3.63) is 35.4 Å². The maximum Gasteiger partial charge on any atom is 0.0991 e. The highest BCUT2D eigenvalue weighted by Gasteiger charge is 2.04. The van der Waals surface area contributed by atoms with E-state index in [-0.39, 0.29) is 6.04 Å². The predicted molar refractivity (Wildman–Crippen MR) is 61.2 cm³/mol. The van der Waals surface area contributed by atoms with Crippen LogP contribution < -0.4 is 11.1 Å². The van der Waals surface area contributed by atoms with E-state index in [1.807, 2.05) is 24.3 Å². The number of benzene rings is 1. The largest absolute Gasteiger partial charge is 0.330 e. The SMILES string of the molecule is CC(NCCCN)c1cccc(C#N)c1. The molecule has 0 aliphatic heterocycles. The first-order valence-electron chi connectivity index (χ1n) is 5.21. The number of hydrogen-bond acceptors (Lipinski definition) is 3. The minimum atomic E-state index is 0.268.